The molecule has 5 rings (SSSR count). The molecule has 1 aromatic carbocycles. The number of hydrogen-bond acceptors (Lipinski definition) is 6. The van der Waals surface area contributed by atoms with Gasteiger partial charge < -0.3 is 9.64 Å². The molecule has 33 heavy (non-hydrogen) atoms. The van der Waals surface area contributed by atoms with Crippen molar-refractivity contribution in [2.75, 3.05) is 20.2 Å². The maximum absolute atomic E-state index is 13.1. The standard InChI is InChI=1S/C23H25N7O3/c1-27-23(33-2)18-5-4-17(14-19(18)25-27)22(32)28-12-8-16(9-13-28)15-30-21(31)7-6-20(26-30)29-11-3-10-24-29/h3-7,10-11,14,16H,8-9,12-13,15H2,1-2H3. The summed E-state index contributed by atoms with van der Waals surface area (Å²) in [5.74, 6) is 1.55. The van der Waals surface area contributed by atoms with Crippen molar-refractivity contribution in [3.05, 3.63) is 64.7 Å². The SMILES string of the molecule is COc1c2ccc(C(=O)N3CCC(Cn4nc(-n5cccn5)ccc4=O)CC3)cc2nn1C. The van der Waals surface area contributed by atoms with E-state index >= 15 is 0 Å². The fourth-order valence-corrected chi connectivity index (χ4v) is 4.39. The number of rotatable bonds is 5. The Bertz CT molecular complexity index is 1350. The zero-order valence-electron chi connectivity index (χ0n) is 18.6. The van der Waals surface area contributed by atoms with E-state index in [1.165, 1.54) is 10.7 Å². The zero-order valence-corrected chi connectivity index (χ0v) is 18.6. The van der Waals surface area contributed by atoms with Gasteiger partial charge in [-0.2, -0.15) is 10.2 Å². The summed E-state index contributed by atoms with van der Waals surface area (Å²) in [5.41, 5.74) is 1.22. The largest absolute Gasteiger partial charge is 0.481 e. The molecule has 4 aromatic rings. The minimum absolute atomic E-state index is 0.00376. The van der Waals surface area contributed by atoms with Crippen LogP contribution >= 0.6 is 0 Å². The monoisotopic (exact) mass is 447 g/mol. The number of carbonyl (C=O) groups is 1. The van der Waals surface area contributed by atoms with Crippen LogP contribution in [0, 0.1) is 5.92 Å². The highest BCUT2D eigenvalue weighted by molar-refractivity contribution is 5.98. The molecule has 10 nitrogen and oxygen atoms in total. The van der Waals surface area contributed by atoms with Crippen LogP contribution in [-0.4, -0.2) is 60.3 Å². The fraction of sp³-hybridized carbons (Fsp3) is 0.348. The molecule has 0 radical (unpaired) electrons. The Hall–Kier alpha value is -3.95. The third kappa shape index (κ3) is 3.99. The van der Waals surface area contributed by atoms with E-state index in [0.717, 1.165) is 23.7 Å². The number of likely N-dealkylation sites (tertiary alicyclic amines) is 1. The van der Waals surface area contributed by atoms with E-state index in [2.05, 4.69) is 15.3 Å². The van der Waals surface area contributed by atoms with Gasteiger partial charge in [-0.1, -0.05) is 0 Å². The van der Waals surface area contributed by atoms with Crippen molar-refractivity contribution in [3.63, 3.8) is 0 Å². The van der Waals surface area contributed by atoms with Crippen molar-refractivity contribution >= 4 is 16.8 Å². The van der Waals surface area contributed by atoms with Crippen LogP contribution in [0.5, 0.6) is 5.88 Å². The number of ether oxygens (including phenoxy) is 1. The van der Waals surface area contributed by atoms with E-state index in [1.54, 1.807) is 34.9 Å². The Morgan fingerprint density at radius 2 is 1.97 bits per heavy atom. The molecule has 170 valence electrons. The van der Waals surface area contributed by atoms with Crippen molar-refractivity contribution in [3.8, 4) is 11.7 Å². The second-order valence-electron chi connectivity index (χ2n) is 8.26. The average Bonchev–Trinajstić information content (AvgIpc) is 3.47. The van der Waals surface area contributed by atoms with Gasteiger partial charge >= 0.3 is 0 Å². The van der Waals surface area contributed by atoms with Crippen molar-refractivity contribution in [1.29, 1.82) is 0 Å². The highest BCUT2D eigenvalue weighted by Crippen LogP contribution is 2.27. The van der Waals surface area contributed by atoms with E-state index in [4.69, 9.17) is 4.74 Å². The summed E-state index contributed by atoms with van der Waals surface area (Å²) >= 11 is 0. The molecule has 0 N–H and O–H groups in total. The number of fused-ring (bicyclic) bond motifs is 1. The molecule has 0 saturated carbocycles. The van der Waals surface area contributed by atoms with Crippen LogP contribution in [0.1, 0.15) is 23.2 Å². The first kappa shape index (κ1) is 20.9. The molecule has 10 heteroatoms. The summed E-state index contributed by atoms with van der Waals surface area (Å²) in [6, 6.07) is 10.5. The predicted octanol–water partition coefficient (Wildman–Crippen LogP) is 1.88. The number of benzene rings is 1. The molecular weight excluding hydrogens is 422 g/mol. The van der Waals surface area contributed by atoms with Crippen LogP contribution in [0.4, 0.5) is 0 Å². The van der Waals surface area contributed by atoms with E-state index in [-0.39, 0.29) is 17.4 Å². The number of aromatic nitrogens is 6. The number of nitrogens with zero attached hydrogens (tertiary/aromatic N) is 7. The van der Waals surface area contributed by atoms with Gasteiger partial charge in [0.25, 0.3) is 11.5 Å². The van der Waals surface area contributed by atoms with Crippen molar-refractivity contribution in [1.82, 2.24) is 34.2 Å². The van der Waals surface area contributed by atoms with Crippen LogP contribution in [0.3, 0.4) is 0 Å². The minimum atomic E-state index is -0.136. The van der Waals surface area contributed by atoms with Crippen LogP contribution in [0.15, 0.2) is 53.6 Å². The molecule has 0 bridgehead atoms. The molecule has 0 spiro atoms. The van der Waals surface area contributed by atoms with Gasteiger partial charge in [0.2, 0.25) is 5.88 Å². The van der Waals surface area contributed by atoms with Crippen molar-refractivity contribution < 1.29 is 9.53 Å². The lowest BCUT2D eigenvalue weighted by Crippen LogP contribution is -2.40. The van der Waals surface area contributed by atoms with Gasteiger partial charge in [-0.15, -0.1) is 5.10 Å². The topological polar surface area (TPSA) is 100 Å². The Balaban J connectivity index is 1.25. The third-order valence-corrected chi connectivity index (χ3v) is 6.14. The maximum atomic E-state index is 13.1. The number of aryl methyl sites for hydroxylation is 1. The molecule has 1 aliphatic rings. The highest BCUT2D eigenvalue weighted by Gasteiger charge is 2.25. The highest BCUT2D eigenvalue weighted by atomic mass is 16.5. The molecule has 1 aliphatic heterocycles. The first-order valence-electron chi connectivity index (χ1n) is 10.9. The number of carbonyl (C=O) groups excluding carboxylic acids is 1. The van der Waals surface area contributed by atoms with Crippen LogP contribution in [0.2, 0.25) is 0 Å². The van der Waals surface area contributed by atoms with E-state index in [9.17, 15) is 9.59 Å². The van der Waals surface area contributed by atoms with Gasteiger partial charge in [-0.3, -0.25) is 9.59 Å². The number of hydrogen-bond donors (Lipinski definition) is 0. The minimum Gasteiger partial charge on any atom is -0.481 e. The predicted molar refractivity (Wildman–Crippen MR) is 122 cm³/mol. The van der Waals surface area contributed by atoms with E-state index < -0.39 is 0 Å². The molecule has 3 aromatic heterocycles. The van der Waals surface area contributed by atoms with Gasteiger partial charge in [0.1, 0.15) is 0 Å². The normalized spacial score (nSPS) is 14.7. The van der Waals surface area contributed by atoms with Gasteiger partial charge in [0.05, 0.1) is 18.0 Å². The smallest absolute Gasteiger partial charge is 0.266 e. The Morgan fingerprint density at radius 1 is 1.15 bits per heavy atom. The van der Waals surface area contributed by atoms with Crippen LogP contribution in [-0.2, 0) is 13.6 Å². The maximum Gasteiger partial charge on any atom is 0.266 e. The summed E-state index contributed by atoms with van der Waals surface area (Å²) < 4.78 is 10.2. The van der Waals surface area contributed by atoms with Crippen molar-refractivity contribution in [2.24, 2.45) is 13.0 Å². The van der Waals surface area contributed by atoms with Gasteiger partial charge in [-0.05, 0) is 49.1 Å². The number of amides is 1. The van der Waals surface area contributed by atoms with Crippen LogP contribution in [0.25, 0.3) is 16.7 Å². The lowest BCUT2D eigenvalue weighted by atomic mass is 9.96. The van der Waals surface area contributed by atoms with Gasteiger partial charge in [-0.25, -0.2) is 14.0 Å². The molecule has 1 amide bonds. The second-order valence-corrected chi connectivity index (χ2v) is 8.26. The zero-order chi connectivity index (χ0) is 22.9. The van der Waals surface area contributed by atoms with E-state index in [0.29, 0.717) is 36.9 Å². The Morgan fingerprint density at radius 3 is 2.70 bits per heavy atom. The first-order valence-corrected chi connectivity index (χ1v) is 10.9. The molecule has 0 atom stereocenters. The van der Waals surface area contributed by atoms with E-state index in [1.807, 2.05) is 36.2 Å². The van der Waals surface area contributed by atoms with Gasteiger partial charge in [0, 0.05) is 50.7 Å². The summed E-state index contributed by atoms with van der Waals surface area (Å²) in [7, 11) is 3.42. The number of piperidine rings is 1. The molecule has 0 unspecified atom stereocenters. The first-order chi connectivity index (χ1) is 16.0. The molecule has 1 saturated heterocycles. The Labute approximate surface area is 190 Å². The summed E-state index contributed by atoms with van der Waals surface area (Å²) in [4.78, 5) is 27.3. The number of methoxy groups -OCH3 is 1. The Kier molecular flexibility index (Phi) is 5.41. The van der Waals surface area contributed by atoms with Gasteiger partial charge in [0.15, 0.2) is 5.82 Å². The molecular formula is C23H25N7O3. The van der Waals surface area contributed by atoms with Crippen molar-refractivity contribution in [2.45, 2.75) is 19.4 Å². The molecule has 4 heterocycles. The second kappa shape index (κ2) is 8.53. The summed E-state index contributed by atoms with van der Waals surface area (Å²) in [6.07, 6.45) is 5.09. The average molecular weight is 447 g/mol. The third-order valence-electron chi connectivity index (χ3n) is 6.14. The summed E-state index contributed by atoms with van der Waals surface area (Å²) in [5, 5.41) is 14.0. The fourth-order valence-electron chi connectivity index (χ4n) is 4.39. The van der Waals surface area contributed by atoms with Crippen LogP contribution < -0.4 is 10.3 Å². The molecule has 0 aliphatic carbocycles. The lowest BCUT2D eigenvalue weighted by molar-refractivity contribution is 0.0680. The molecule has 1 fully saturated rings. The summed E-state index contributed by atoms with van der Waals surface area (Å²) in [6.45, 7) is 1.80. The lowest BCUT2D eigenvalue weighted by Gasteiger charge is -2.32. The quantitative estimate of drug-likeness (QED) is 0.463.